The first kappa shape index (κ1) is 26.8. The van der Waals surface area contributed by atoms with Crippen LogP contribution in [0.15, 0.2) is 0 Å². The van der Waals surface area contributed by atoms with Crippen LogP contribution in [-0.4, -0.2) is 65.4 Å². The maximum atomic E-state index is 14.1. The second-order valence-corrected chi connectivity index (χ2v) is 11.9. The lowest BCUT2D eigenvalue weighted by molar-refractivity contribution is -0.177. The molecule has 0 aromatic rings. The molecule has 2 saturated heterocycles. The Balaban J connectivity index is 1.38. The lowest BCUT2D eigenvalue weighted by atomic mass is 9.57. The second kappa shape index (κ2) is 10.0. The van der Waals surface area contributed by atoms with Crippen molar-refractivity contribution in [2.24, 2.45) is 23.2 Å². The number of carbonyl (C=O) groups is 4. The standard InChI is InChI=1S/C26H34F3N5O4/c27-26(28,29)24(38)33-20(25-7-3-14(4-8-25)5-9-25)23(37)34-18-2-1-15(12-18)19(34)22(36)32-17(13-30)11-16-6-10-31-21(16)35/h14-20H,1-12H2,(H,31,35)(H,32,36)(H,33,38)/t14?,15-,16-,17-,18+,19-,20+,25?/m0/s1. The molecule has 38 heavy (non-hydrogen) atoms. The van der Waals surface area contributed by atoms with E-state index in [2.05, 4.69) is 16.0 Å². The van der Waals surface area contributed by atoms with Crippen molar-refractivity contribution in [3.05, 3.63) is 0 Å². The molecule has 6 atom stereocenters. The van der Waals surface area contributed by atoms with E-state index in [-0.39, 0.29) is 30.2 Å². The van der Waals surface area contributed by atoms with E-state index in [4.69, 9.17) is 0 Å². The lowest BCUT2D eigenvalue weighted by Gasteiger charge is -2.51. The molecule has 0 spiro atoms. The lowest BCUT2D eigenvalue weighted by Crippen LogP contribution is -2.64. The fraction of sp³-hybridized carbons (Fsp3) is 0.808. The Morgan fingerprint density at radius 2 is 1.76 bits per heavy atom. The van der Waals surface area contributed by atoms with Crippen molar-refractivity contribution in [1.29, 1.82) is 5.26 Å². The minimum atomic E-state index is -5.13. The highest BCUT2D eigenvalue weighted by Crippen LogP contribution is 2.53. The number of carbonyl (C=O) groups excluding carboxylic acids is 4. The predicted molar refractivity (Wildman–Crippen MR) is 127 cm³/mol. The summed E-state index contributed by atoms with van der Waals surface area (Å²) < 4.78 is 40.0. The number of hydrogen-bond donors (Lipinski definition) is 3. The van der Waals surface area contributed by atoms with Crippen LogP contribution in [0.25, 0.3) is 0 Å². The van der Waals surface area contributed by atoms with Crippen molar-refractivity contribution in [2.75, 3.05) is 6.54 Å². The van der Waals surface area contributed by atoms with Crippen molar-refractivity contribution < 1.29 is 32.3 Å². The third kappa shape index (κ3) is 4.84. The molecule has 3 N–H and O–H groups in total. The molecule has 2 aliphatic heterocycles. The van der Waals surface area contributed by atoms with Gasteiger partial charge in [0.05, 0.1) is 6.07 Å². The van der Waals surface area contributed by atoms with Crippen LogP contribution in [0.1, 0.15) is 70.6 Å². The average Bonchev–Trinajstić information content (AvgIpc) is 3.63. The molecule has 0 aromatic carbocycles. The summed E-state index contributed by atoms with van der Waals surface area (Å²) >= 11 is 0. The molecular weight excluding hydrogens is 503 g/mol. The molecule has 2 heterocycles. The Labute approximate surface area is 219 Å². The van der Waals surface area contributed by atoms with Crippen molar-refractivity contribution >= 4 is 23.6 Å². The third-order valence-electron chi connectivity index (χ3n) is 9.81. The van der Waals surface area contributed by atoms with Gasteiger partial charge in [-0.05, 0) is 87.9 Å². The summed E-state index contributed by atoms with van der Waals surface area (Å²) in [4.78, 5) is 53.1. The first-order valence-corrected chi connectivity index (χ1v) is 13.7. The van der Waals surface area contributed by atoms with E-state index in [1.807, 2.05) is 6.07 Å². The maximum absolute atomic E-state index is 14.1. The van der Waals surface area contributed by atoms with Crippen LogP contribution in [0.4, 0.5) is 13.2 Å². The number of likely N-dealkylation sites (tertiary alicyclic amines) is 1. The number of amides is 4. The smallest absolute Gasteiger partial charge is 0.356 e. The molecule has 6 aliphatic rings. The fourth-order valence-electron chi connectivity index (χ4n) is 7.75. The van der Waals surface area contributed by atoms with Gasteiger partial charge in [0, 0.05) is 18.5 Å². The Hall–Kier alpha value is -2.84. The summed E-state index contributed by atoms with van der Waals surface area (Å²) in [5, 5.41) is 17.1. The van der Waals surface area contributed by atoms with E-state index in [1.165, 1.54) is 4.90 Å². The van der Waals surface area contributed by atoms with E-state index in [0.29, 0.717) is 57.4 Å². The number of nitrogens with one attached hydrogen (secondary N) is 3. The average molecular weight is 538 g/mol. The Bertz CT molecular complexity index is 1020. The molecule has 208 valence electrons. The quantitative estimate of drug-likeness (QED) is 0.457. The van der Waals surface area contributed by atoms with Crippen LogP contribution in [-0.2, 0) is 19.2 Å². The monoisotopic (exact) mass is 537 g/mol. The molecule has 9 nitrogen and oxygen atoms in total. The Morgan fingerprint density at radius 1 is 1.08 bits per heavy atom. The molecule has 6 fully saturated rings. The SMILES string of the molecule is N#C[C@H](C[C@@H]1CCNC1=O)NC(=O)[C@@H]1[C@H]2CC[C@H](C2)N1C(=O)[C@@H](NC(=O)C(F)(F)F)C12CCC(CC1)CC2. The van der Waals surface area contributed by atoms with Gasteiger partial charge in [-0.1, -0.05) is 0 Å². The second-order valence-electron chi connectivity index (χ2n) is 11.9. The summed E-state index contributed by atoms with van der Waals surface area (Å²) in [6.07, 6.45) is 1.57. The summed E-state index contributed by atoms with van der Waals surface area (Å²) in [5.74, 6) is -3.52. The zero-order valence-corrected chi connectivity index (χ0v) is 21.2. The van der Waals surface area contributed by atoms with Gasteiger partial charge in [-0.2, -0.15) is 18.4 Å². The first-order valence-electron chi connectivity index (χ1n) is 13.7. The number of nitriles is 1. The predicted octanol–water partition coefficient (Wildman–Crippen LogP) is 1.92. The molecule has 6 rings (SSSR count). The summed E-state index contributed by atoms with van der Waals surface area (Å²) in [6, 6.07) is -1.48. The van der Waals surface area contributed by atoms with Gasteiger partial charge in [-0.25, -0.2) is 0 Å². The molecule has 12 heteroatoms. The molecule has 0 radical (unpaired) electrons. The van der Waals surface area contributed by atoms with Crippen LogP contribution in [0.3, 0.4) is 0 Å². The van der Waals surface area contributed by atoms with Crippen LogP contribution < -0.4 is 16.0 Å². The summed E-state index contributed by atoms with van der Waals surface area (Å²) in [5.41, 5.74) is -0.763. The zero-order chi connectivity index (χ0) is 27.2. The van der Waals surface area contributed by atoms with Gasteiger partial charge < -0.3 is 20.9 Å². The van der Waals surface area contributed by atoms with Crippen molar-refractivity contribution in [3.8, 4) is 6.07 Å². The van der Waals surface area contributed by atoms with Gasteiger partial charge in [-0.3, -0.25) is 19.2 Å². The van der Waals surface area contributed by atoms with Gasteiger partial charge >= 0.3 is 12.1 Å². The summed E-state index contributed by atoms with van der Waals surface area (Å²) in [6.45, 7) is 0.512. The number of piperidine rings is 1. The molecular formula is C26H34F3N5O4. The Morgan fingerprint density at radius 3 is 2.34 bits per heavy atom. The topological polar surface area (TPSA) is 131 Å². The number of alkyl halides is 3. The maximum Gasteiger partial charge on any atom is 0.471 e. The number of fused-ring (bicyclic) bond motifs is 5. The molecule has 4 saturated carbocycles. The zero-order valence-electron chi connectivity index (χ0n) is 21.2. The number of hydrogen-bond acceptors (Lipinski definition) is 5. The summed E-state index contributed by atoms with van der Waals surface area (Å²) in [7, 11) is 0. The number of halogens is 3. The van der Waals surface area contributed by atoms with E-state index >= 15 is 0 Å². The highest BCUT2D eigenvalue weighted by Gasteiger charge is 2.58. The molecule has 0 aromatic heterocycles. The molecule has 4 bridgehead atoms. The normalized spacial score (nSPS) is 35.4. The van der Waals surface area contributed by atoms with Gasteiger partial charge in [0.25, 0.3) is 0 Å². The largest absolute Gasteiger partial charge is 0.471 e. The van der Waals surface area contributed by atoms with E-state index < -0.39 is 47.4 Å². The highest BCUT2D eigenvalue weighted by atomic mass is 19.4. The van der Waals surface area contributed by atoms with E-state index in [0.717, 1.165) is 19.3 Å². The van der Waals surface area contributed by atoms with Gasteiger partial charge in [0.2, 0.25) is 17.7 Å². The van der Waals surface area contributed by atoms with Gasteiger partial charge in [0.1, 0.15) is 18.1 Å². The van der Waals surface area contributed by atoms with Gasteiger partial charge in [-0.15, -0.1) is 0 Å². The Kier molecular flexibility index (Phi) is 7.07. The number of rotatable bonds is 7. The minimum Gasteiger partial charge on any atom is -0.356 e. The first-order chi connectivity index (χ1) is 18.0. The highest BCUT2D eigenvalue weighted by molar-refractivity contribution is 5.95. The van der Waals surface area contributed by atoms with Crippen LogP contribution in [0.5, 0.6) is 0 Å². The fourth-order valence-corrected chi connectivity index (χ4v) is 7.75. The molecule has 0 unspecified atom stereocenters. The van der Waals surface area contributed by atoms with Crippen LogP contribution >= 0.6 is 0 Å². The van der Waals surface area contributed by atoms with E-state index in [9.17, 15) is 37.6 Å². The van der Waals surface area contributed by atoms with Crippen molar-refractivity contribution in [1.82, 2.24) is 20.9 Å². The molecule has 4 amide bonds. The van der Waals surface area contributed by atoms with Crippen LogP contribution in [0, 0.1) is 34.5 Å². The molecule has 4 aliphatic carbocycles. The third-order valence-corrected chi connectivity index (χ3v) is 9.81. The minimum absolute atomic E-state index is 0.150. The van der Waals surface area contributed by atoms with E-state index in [1.54, 1.807) is 0 Å². The van der Waals surface area contributed by atoms with Gasteiger partial charge in [0.15, 0.2) is 0 Å². The number of nitrogens with zero attached hydrogens (tertiary/aromatic N) is 2. The van der Waals surface area contributed by atoms with Crippen molar-refractivity contribution in [2.45, 2.75) is 101 Å². The van der Waals surface area contributed by atoms with Crippen LogP contribution in [0.2, 0.25) is 0 Å². The van der Waals surface area contributed by atoms with Crippen molar-refractivity contribution in [3.63, 3.8) is 0 Å².